The van der Waals surface area contributed by atoms with E-state index in [0.717, 1.165) is 11.3 Å². The molecular formula is C21H22N2O4. The van der Waals surface area contributed by atoms with Crippen LogP contribution in [0.2, 0.25) is 0 Å². The Morgan fingerprint density at radius 3 is 2.59 bits per heavy atom. The second kappa shape index (κ2) is 9.97. The molecule has 0 aliphatic heterocycles. The lowest BCUT2D eigenvalue weighted by Crippen LogP contribution is -2.30. The predicted octanol–water partition coefficient (Wildman–Crippen LogP) is 3.46. The summed E-state index contributed by atoms with van der Waals surface area (Å²) in [6.07, 6.45) is -0.372. The Labute approximate surface area is 158 Å². The molecule has 0 heterocycles. The number of esters is 1. The van der Waals surface area contributed by atoms with Gasteiger partial charge >= 0.3 is 5.97 Å². The van der Waals surface area contributed by atoms with Crippen molar-refractivity contribution in [3.05, 3.63) is 59.7 Å². The van der Waals surface area contributed by atoms with Crippen molar-refractivity contribution in [3.8, 4) is 11.8 Å². The van der Waals surface area contributed by atoms with Crippen LogP contribution in [0, 0.1) is 11.3 Å². The molecule has 0 unspecified atom stereocenters. The number of nitriles is 1. The highest BCUT2D eigenvalue weighted by Crippen LogP contribution is 2.20. The second-order valence-corrected chi connectivity index (χ2v) is 5.82. The zero-order valence-corrected chi connectivity index (χ0v) is 15.4. The van der Waals surface area contributed by atoms with E-state index >= 15 is 0 Å². The number of carbonyl (C=O) groups is 2. The highest BCUT2D eigenvalue weighted by atomic mass is 16.5. The number of benzene rings is 2. The molecule has 6 heteroatoms. The molecule has 2 aromatic carbocycles. The molecule has 1 N–H and O–H groups in total. The molecule has 0 aliphatic rings. The molecule has 1 amide bonds. The lowest BCUT2D eigenvalue weighted by Gasteiger charge is -2.14. The van der Waals surface area contributed by atoms with Gasteiger partial charge in [-0.2, -0.15) is 5.26 Å². The number of carbonyl (C=O) groups excluding carboxylic acids is 2. The van der Waals surface area contributed by atoms with Gasteiger partial charge in [0.05, 0.1) is 17.9 Å². The SMILES string of the molecule is CCOc1ccccc1CCC(=O)O[C@@H](C)C(=O)Nc1ccccc1C#N. The Bertz CT molecular complexity index is 842. The standard InChI is InChI=1S/C21H22N2O4/c1-3-26-19-11-7-5-8-16(19)12-13-20(24)27-15(2)21(25)23-18-10-6-4-9-17(18)14-22/h4-11,15H,3,12-13H2,1-2H3,(H,23,25)/t15-/m0/s1. The number of anilines is 1. The van der Waals surface area contributed by atoms with E-state index in [2.05, 4.69) is 5.32 Å². The number of para-hydroxylation sites is 2. The lowest BCUT2D eigenvalue weighted by molar-refractivity contribution is -0.153. The first-order valence-corrected chi connectivity index (χ1v) is 8.75. The summed E-state index contributed by atoms with van der Waals surface area (Å²) in [4.78, 5) is 24.3. The third-order valence-corrected chi connectivity index (χ3v) is 3.85. The van der Waals surface area contributed by atoms with Crippen molar-refractivity contribution in [2.24, 2.45) is 0 Å². The average Bonchev–Trinajstić information content (AvgIpc) is 2.68. The van der Waals surface area contributed by atoms with Gasteiger partial charge in [0.2, 0.25) is 0 Å². The number of rotatable bonds is 8. The van der Waals surface area contributed by atoms with E-state index in [1.54, 1.807) is 24.3 Å². The molecule has 1 atom stereocenters. The minimum atomic E-state index is -0.966. The molecular weight excluding hydrogens is 344 g/mol. The molecule has 0 fully saturated rings. The van der Waals surface area contributed by atoms with Gasteiger partial charge < -0.3 is 14.8 Å². The zero-order valence-electron chi connectivity index (χ0n) is 15.4. The molecule has 6 nitrogen and oxygen atoms in total. The monoisotopic (exact) mass is 366 g/mol. The number of nitrogens with zero attached hydrogens (tertiary/aromatic N) is 1. The Hall–Kier alpha value is -3.33. The van der Waals surface area contributed by atoms with Crippen LogP contribution < -0.4 is 10.1 Å². The van der Waals surface area contributed by atoms with Crippen LogP contribution in [0.4, 0.5) is 5.69 Å². The van der Waals surface area contributed by atoms with Crippen LogP contribution in [-0.2, 0) is 20.7 Å². The summed E-state index contributed by atoms with van der Waals surface area (Å²) in [6.45, 7) is 3.94. The van der Waals surface area contributed by atoms with E-state index in [-0.39, 0.29) is 6.42 Å². The van der Waals surface area contributed by atoms with Crippen LogP contribution in [0.5, 0.6) is 5.75 Å². The molecule has 0 radical (unpaired) electrons. The molecule has 2 aromatic rings. The largest absolute Gasteiger partial charge is 0.494 e. The van der Waals surface area contributed by atoms with Crippen molar-refractivity contribution in [3.63, 3.8) is 0 Å². The van der Waals surface area contributed by atoms with Crippen molar-refractivity contribution in [2.45, 2.75) is 32.8 Å². The van der Waals surface area contributed by atoms with Gasteiger partial charge in [0.15, 0.2) is 6.10 Å². The molecule has 27 heavy (non-hydrogen) atoms. The predicted molar refractivity (Wildman–Crippen MR) is 101 cm³/mol. The quantitative estimate of drug-likeness (QED) is 0.723. The Morgan fingerprint density at radius 2 is 1.85 bits per heavy atom. The third kappa shape index (κ3) is 5.86. The molecule has 0 saturated heterocycles. The summed E-state index contributed by atoms with van der Waals surface area (Å²) in [7, 11) is 0. The normalized spacial score (nSPS) is 11.1. The highest BCUT2D eigenvalue weighted by Gasteiger charge is 2.19. The molecule has 0 bridgehead atoms. The summed E-state index contributed by atoms with van der Waals surface area (Å²) in [5.74, 6) is -0.218. The summed E-state index contributed by atoms with van der Waals surface area (Å²) in [6, 6.07) is 16.1. The topological polar surface area (TPSA) is 88.4 Å². The van der Waals surface area contributed by atoms with Gasteiger partial charge in [0.25, 0.3) is 5.91 Å². The first-order valence-electron chi connectivity index (χ1n) is 8.75. The van der Waals surface area contributed by atoms with Crippen LogP contribution in [0.3, 0.4) is 0 Å². The van der Waals surface area contributed by atoms with E-state index in [4.69, 9.17) is 14.7 Å². The van der Waals surface area contributed by atoms with Gasteiger partial charge in [-0.3, -0.25) is 9.59 Å². The van der Waals surface area contributed by atoms with Gasteiger partial charge in [-0.25, -0.2) is 0 Å². The molecule has 0 saturated carbocycles. The summed E-state index contributed by atoms with van der Waals surface area (Å²) >= 11 is 0. The first kappa shape index (κ1) is 20.0. The first-order chi connectivity index (χ1) is 13.0. The van der Waals surface area contributed by atoms with Crippen LogP contribution in [0.1, 0.15) is 31.4 Å². The van der Waals surface area contributed by atoms with E-state index in [9.17, 15) is 9.59 Å². The van der Waals surface area contributed by atoms with Crippen molar-refractivity contribution < 1.29 is 19.1 Å². The summed E-state index contributed by atoms with van der Waals surface area (Å²) in [5.41, 5.74) is 1.65. The molecule has 0 aliphatic carbocycles. The van der Waals surface area contributed by atoms with Crippen molar-refractivity contribution in [1.29, 1.82) is 5.26 Å². The smallest absolute Gasteiger partial charge is 0.306 e. The van der Waals surface area contributed by atoms with E-state index in [0.29, 0.717) is 24.3 Å². The third-order valence-electron chi connectivity index (χ3n) is 3.85. The number of amides is 1. The average molecular weight is 366 g/mol. The summed E-state index contributed by atoms with van der Waals surface area (Å²) < 4.78 is 10.7. The number of ether oxygens (including phenoxy) is 2. The maximum Gasteiger partial charge on any atom is 0.306 e. The minimum Gasteiger partial charge on any atom is -0.494 e. The van der Waals surface area contributed by atoms with E-state index < -0.39 is 18.0 Å². The van der Waals surface area contributed by atoms with Crippen molar-refractivity contribution >= 4 is 17.6 Å². The van der Waals surface area contributed by atoms with Crippen LogP contribution >= 0.6 is 0 Å². The van der Waals surface area contributed by atoms with E-state index in [1.165, 1.54) is 6.92 Å². The number of hydrogen-bond acceptors (Lipinski definition) is 5. The maximum atomic E-state index is 12.2. The maximum absolute atomic E-state index is 12.2. The van der Waals surface area contributed by atoms with Crippen LogP contribution in [-0.4, -0.2) is 24.6 Å². The van der Waals surface area contributed by atoms with Crippen LogP contribution in [0.25, 0.3) is 0 Å². The van der Waals surface area contributed by atoms with Crippen molar-refractivity contribution in [1.82, 2.24) is 0 Å². The van der Waals surface area contributed by atoms with Gasteiger partial charge in [-0.15, -0.1) is 0 Å². The fourth-order valence-electron chi connectivity index (χ4n) is 2.48. The number of hydrogen-bond donors (Lipinski definition) is 1. The molecule has 2 rings (SSSR count). The summed E-state index contributed by atoms with van der Waals surface area (Å²) in [5, 5.41) is 11.7. The van der Waals surface area contributed by atoms with Gasteiger partial charge in [-0.05, 0) is 44.0 Å². The zero-order chi connectivity index (χ0) is 19.6. The Morgan fingerprint density at radius 1 is 1.15 bits per heavy atom. The highest BCUT2D eigenvalue weighted by molar-refractivity contribution is 5.96. The number of aryl methyl sites for hydroxylation is 1. The molecule has 0 aromatic heterocycles. The van der Waals surface area contributed by atoms with Crippen molar-refractivity contribution in [2.75, 3.05) is 11.9 Å². The molecule has 140 valence electrons. The second-order valence-electron chi connectivity index (χ2n) is 5.82. The Kier molecular flexibility index (Phi) is 7.38. The van der Waals surface area contributed by atoms with Gasteiger partial charge in [-0.1, -0.05) is 30.3 Å². The van der Waals surface area contributed by atoms with Gasteiger partial charge in [0.1, 0.15) is 11.8 Å². The fraction of sp³-hybridized carbons (Fsp3) is 0.286. The van der Waals surface area contributed by atoms with Gasteiger partial charge in [0, 0.05) is 6.42 Å². The van der Waals surface area contributed by atoms with Crippen LogP contribution in [0.15, 0.2) is 48.5 Å². The lowest BCUT2D eigenvalue weighted by atomic mass is 10.1. The minimum absolute atomic E-state index is 0.135. The van der Waals surface area contributed by atoms with E-state index in [1.807, 2.05) is 37.3 Å². The number of nitrogens with one attached hydrogen (secondary N) is 1. The molecule has 0 spiro atoms. The fourth-order valence-corrected chi connectivity index (χ4v) is 2.48. The Balaban J connectivity index is 1.88.